The average Bonchev–Trinajstić information content (AvgIpc) is 2.05. The molecule has 0 aromatic heterocycles. The first-order valence-corrected chi connectivity index (χ1v) is 4.47. The minimum absolute atomic E-state index is 0.0758. The summed E-state index contributed by atoms with van der Waals surface area (Å²) in [5.41, 5.74) is 0. The molecule has 0 heterocycles. The second-order valence-corrected chi connectivity index (χ2v) is 2.88. The van der Waals surface area contributed by atoms with Gasteiger partial charge in [0, 0.05) is 0 Å². The summed E-state index contributed by atoms with van der Waals surface area (Å²) in [5, 5.41) is 2.96. The van der Waals surface area contributed by atoms with Gasteiger partial charge in [-0.3, -0.25) is 0 Å². The van der Waals surface area contributed by atoms with E-state index < -0.39 is 0 Å². The Balaban J connectivity index is 3.14. The van der Waals surface area contributed by atoms with Crippen LogP contribution in [0.2, 0.25) is 0 Å². The molecule has 66 valence electrons. The van der Waals surface area contributed by atoms with Crippen molar-refractivity contribution in [3.8, 4) is 0 Å². The van der Waals surface area contributed by atoms with Gasteiger partial charge >= 0.3 is 0 Å². The van der Waals surface area contributed by atoms with E-state index in [4.69, 9.17) is 0 Å². The monoisotopic (exact) mass is 157 g/mol. The molecule has 1 atom stereocenters. The van der Waals surface area contributed by atoms with Crippen molar-refractivity contribution in [1.29, 1.82) is 0 Å². The average molecular weight is 157 g/mol. The zero-order valence-electron chi connectivity index (χ0n) is 7.60. The molecule has 0 saturated carbocycles. The van der Waals surface area contributed by atoms with Crippen LogP contribution in [0, 0.1) is 0 Å². The second kappa shape index (κ2) is 7.73. The third-order valence-electron chi connectivity index (χ3n) is 1.90. The van der Waals surface area contributed by atoms with E-state index in [1.54, 1.807) is 0 Å². The number of likely N-dealkylation sites (N-methyl/N-ethyl adjacent to an activating group) is 1. The summed E-state index contributed by atoms with van der Waals surface area (Å²) in [6.45, 7) is 2.19. The normalized spacial score (nSPS) is 12.9. The van der Waals surface area contributed by atoms with Crippen LogP contribution in [0.25, 0.3) is 0 Å². The topological polar surface area (TPSA) is 29.1 Å². The first kappa shape index (κ1) is 10.6. The van der Waals surface area contributed by atoms with Crippen molar-refractivity contribution in [2.45, 2.75) is 45.1 Å². The Morgan fingerprint density at radius 3 is 2.55 bits per heavy atom. The van der Waals surface area contributed by atoms with E-state index >= 15 is 0 Å². The molecule has 0 aliphatic carbocycles. The lowest BCUT2D eigenvalue weighted by Crippen LogP contribution is -2.26. The van der Waals surface area contributed by atoms with Crippen molar-refractivity contribution in [3.63, 3.8) is 0 Å². The number of carbonyl (C=O) groups excluding carboxylic acids is 1. The maximum absolute atomic E-state index is 10.3. The third kappa shape index (κ3) is 6.05. The van der Waals surface area contributed by atoms with E-state index in [1.165, 1.54) is 19.3 Å². The number of rotatable bonds is 7. The van der Waals surface area contributed by atoms with Crippen LogP contribution in [0.4, 0.5) is 0 Å². The molecular formula is C9H19NO. The van der Waals surface area contributed by atoms with Gasteiger partial charge in [0.05, 0.1) is 6.04 Å². The molecule has 2 heteroatoms. The van der Waals surface area contributed by atoms with E-state index in [0.29, 0.717) is 0 Å². The van der Waals surface area contributed by atoms with Crippen molar-refractivity contribution >= 4 is 6.29 Å². The minimum atomic E-state index is 0.0758. The maximum atomic E-state index is 10.3. The predicted molar refractivity (Wildman–Crippen MR) is 47.7 cm³/mol. The molecule has 0 fully saturated rings. The molecule has 1 unspecified atom stereocenters. The van der Waals surface area contributed by atoms with Gasteiger partial charge in [-0.2, -0.15) is 0 Å². The fourth-order valence-electron chi connectivity index (χ4n) is 1.07. The fraction of sp³-hybridized carbons (Fsp3) is 0.889. The second-order valence-electron chi connectivity index (χ2n) is 2.88. The highest BCUT2D eigenvalue weighted by Crippen LogP contribution is 2.03. The molecule has 1 N–H and O–H groups in total. The first-order chi connectivity index (χ1) is 5.35. The molecule has 0 amide bonds. The summed E-state index contributed by atoms with van der Waals surface area (Å²) in [7, 11) is 1.83. The summed E-state index contributed by atoms with van der Waals surface area (Å²) < 4.78 is 0. The Morgan fingerprint density at radius 2 is 2.09 bits per heavy atom. The highest BCUT2D eigenvalue weighted by atomic mass is 16.1. The van der Waals surface area contributed by atoms with Gasteiger partial charge in [0.1, 0.15) is 6.29 Å². The third-order valence-corrected chi connectivity index (χ3v) is 1.90. The SMILES string of the molecule is CCCCCCC(C=O)NC. The zero-order chi connectivity index (χ0) is 8.53. The van der Waals surface area contributed by atoms with Crippen LogP contribution >= 0.6 is 0 Å². The molecular weight excluding hydrogens is 138 g/mol. The Hall–Kier alpha value is -0.370. The highest BCUT2D eigenvalue weighted by Gasteiger charge is 2.01. The van der Waals surface area contributed by atoms with E-state index in [1.807, 2.05) is 7.05 Å². The lowest BCUT2D eigenvalue weighted by atomic mass is 10.1. The predicted octanol–water partition coefficient (Wildman–Crippen LogP) is 1.74. The standard InChI is InChI=1S/C9H19NO/c1-3-4-5-6-7-9(8-11)10-2/h8-10H,3-7H2,1-2H3. The summed E-state index contributed by atoms with van der Waals surface area (Å²) in [4.78, 5) is 10.3. The molecule has 0 aromatic carbocycles. The molecule has 0 aliphatic heterocycles. The maximum Gasteiger partial charge on any atom is 0.136 e. The van der Waals surface area contributed by atoms with Crippen LogP contribution < -0.4 is 5.32 Å². The molecule has 11 heavy (non-hydrogen) atoms. The van der Waals surface area contributed by atoms with Gasteiger partial charge in [-0.15, -0.1) is 0 Å². The quantitative estimate of drug-likeness (QED) is 0.450. The van der Waals surface area contributed by atoms with Crippen molar-refractivity contribution in [2.24, 2.45) is 0 Å². The van der Waals surface area contributed by atoms with Crippen molar-refractivity contribution in [3.05, 3.63) is 0 Å². The van der Waals surface area contributed by atoms with Crippen molar-refractivity contribution in [1.82, 2.24) is 5.32 Å². The summed E-state index contributed by atoms with van der Waals surface area (Å²) in [6.07, 6.45) is 6.94. The van der Waals surface area contributed by atoms with E-state index in [2.05, 4.69) is 12.2 Å². The molecule has 0 rings (SSSR count). The van der Waals surface area contributed by atoms with E-state index in [0.717, 1.165) is 19.1 Å². The fourth-order valence-corrected chi connectivity index (χ4v) is 1.07. The Bertz CT molecular complexity index is 93.6. The van der Waals surface area contributed by atoms with E-state index in [9.17, 15) is 4.79 Å². The van der Waals surface area contributed by atoms with Gasteiger partial charge < -0.3 is 10.1 Å². The van der Waals surface area contributed by atoms with Gasteiger partial charge in [-0.05, 0) is 13.5 Å². The number of carbonyl (C=O) groups is 1. The smallest absolute Gasteiger partial charge is 0.136 e. The van der Waals surface area contributed by atoms with Crippen LogP contribution in [-0.2, 0) is 4.79 Å². The van der Waals surface area contributed by atoms with Gasteiger partial charge in [-0.25, -0.2) is 0 Å². The van der Waals surface area contributed by atoms with Crippen LogP contribution in [0.15, 0.2) is 0 Å². The van der Waals surface area contributed by atoms with Crippen LogP contribution in [0.1, 0.15) is 39.0 Å². The summed E-state index contributed by atoms with van der Waals surface area (Å²) in [5.74, 6) is 0. The Kier molecular flexibility index (Phi) is 7.47. The number of hydrogen-bond donors (Lipinski definition) is 1. The molecule has 2 nitrogen and oxygen atoms in total. The van der Waals surface area contributed by atoms with Gasteiger partial charge in [0.2, 0.25) is 0 Å². The molecule has 0 spiro atoms. The van der Waals surface area contributed by atoms with Gasteiger partial charge in [0.15, 0.2) is 0 Å². The van der Waals surface area contributed by atoms with Crippen molar-refractivity contribution < 1.29 is 4.79 Å². The Labute approximate surface area is 69.4 Å². The van der Waals surface area contributed by atoms with E-state index in [-0.39, 0.29) is 6.04 Å². The highest BCUT2D eigenvalue weighted by molar-refractivity contribution is 5.57. The number of nitrogens with one attached hydrogen (secondary N) is 1. The molecule has 0 bridgehead atoms. The number of unbranched alkanes of at least 4 members (excludes halogenated alkanes) is 3. The minimum Gasteiger partial charge on any atom is -0.311 e. The molecule has 0 aliphatic rings. The number of hydrogen-bond acceptors (Lipinski definition) is 2. The van der Waals surface area contributed by atoms with Crippen LogP contribution in [-0.4, -0.2) is 19.4 Å². The van der Waals surface area contributed by atoms with Crippen molar-refractivity contribution in [2.75, 3.05) is 7.05 Å². The first-order valence-electron chi connectivity index (χ1n) is 4.47. The van der Waals surface area contributed by atoms with Gasteiger partial charge in [0.25, 0.3) is 0 Å². The van der Waals surface area contributed by atoms with Crippen LogP contribution in [0.5, 0.6) is 0 Å². The summed E-state index contributed by atoms with van der Waals surface area (Å²) >= 11 is 0. The summed E-state index contributed by atoms with van der Waals surface area (Å²) in [6, 6.07) is 0.0758. The number of aldehydes is 1. The zero-order valence-corrected chi connectivity index (χ0v) is 7.60. The van der Waals surface area contributed by atoms with Crippen LogP contribution in [0.3, 0.4) is 0 Å². The molecule has 0 saturated heterocycles. The largest absolute Gasteiger partial charge is 0.311 e. The molecule has 0 aromatic rings. The lowest BCUT2D eigenvalue weighted by molar-refractivity contribution is -0.109. The van der Waals surface area contributed by atoms with Gasteiger partial charge in [-0.1, -0.05) is 32.6 Å². The molecule has 0 radical (unpaired) electrons. The Morgan fingerprint density at radius 1 is 1.36 bits per heavy atom. The lowest BCUT2D eigenvalue weighted by Gasteiger charge is -2.07.